The molecule has 1 aromatic rings. The maximum atomic E-state index is 12.4. The van der Waals surface area contributed by atoms with Crippen LogP contribution in [0, 0.1) is 11.8 Å². The van der Waals surface area contributed by atoms with Gasteiger partial charge in [0.05, 0.1) is 5.92 Å². The lowest BCUT2D eigenvalue weighted by atomic mass is 9.91. The maximum absolute atomic E-state index is 12.4. The van der Waals surface area contributed by atoms with Gasteiger partial charge in [0.15, 0.2) is 0 Å². The van der Waals surface area contributed by atoms with Crippen LogP contribution >= 0.6 is 0 Å². The quantitative estimate of drug-likeness (QED) is 0.862. The van der Waals surface area contributed by atoms with Gasteiger partial charge in [0.25, 0.3) is 0 Å². The summed E-state index contributed by atoms with van der Waals surface area (Å²) in [6.45, 7) is -0.433. The molecule has 0 saturated carbocycles. The van der Waals surface area contributed by atoms with E-state index in [1.54, 1.807) is 18.2 Å². The number of alkyl halides is 2. The molecule has 8 heteroatoms. The molecule has 2 unspecified atom stereocenters. The fourth-order valence-electron chi connectivity index (χ4n) is 2.84. The number of piperidine rings is 1. The molecular weight excluding hydrogens is 322 g/mol. The highest BCUT2D eigenvalue weighted by Crippen LogP contribution is 2.23. The summed E-state index contributed by atoms with van der Waals surface area (Å²) in [6.07, 6.45) is 0.532. The molecule has 1 saturated heterocycles. The van der Waals surface area contributed by atoms with E-state index in [9.17, 15) is 18.4 Å². The second-order valence-corrected chi connectivity index (χ2v) is 5.93. The monoisotopic (exact) mass is 342 g/mol. The lowest BCUT2D eigenvalue weighted by molar-refractivity contribution is -0.143. The Kier molecular flexibility index (Phi) is 5.94. The fraction of sp³-hybridized carbons (Fsp3) is 0.500. The first-order valence-electron chi connectivity index (χ1n) is 7.65. The van der Waals surface area contributed by atoms with Crippen molar-refractivity contribution in [3.05, 3.63) is 29.8 Å². The van der Waals surface area contributed by atoms with E-state index >= 15 is 0 Å². The van der Waals surface area contributed by atoms with Crippen molar-refractivity contribution in [1.82, 2.24) is 10.2 Å². The van der Waals surface area contributed by atoms with E-state index in [0.29, 0.717) is 18.5 Å². The number of carboxylic acid groups (broad SMARTS) is 1. The zero-order chi connectivity index (χ0) is 17.7. The maximum Gasteiger partial charge on any atom is 0.387 e. The minimum absolute atomic E-state index is 0.00299. The van der Waals surface area contributed by atoms with Gasteiger partial charge in [0.1, 0.15) is 5.75 Å². The van der Waals surface area contributed by atoms with Crippen molar-refractivity contribution in [2.75, 3.05) is 13.1 Å². The zero-order valence-corrected chi connectivity index (χ0v) is 13.2. The Labute approximate surface area is 138 Å². The Morgan fingerprint density at radius 1 is 1.38 bits per heavy atom. The van der Waals surface area contributed by atoms with Crippen molar-refractivity contribution in [1.29, 1.82) is 0 Å². The van der Waals surface area contributed by atoms with Gasteiger partial charge in [-0.15, -0.1) is 0 Å². The Morgan fingerprint density at radius 3 is 2.75 bits per heavy atom. The van der Waals surface area contributed by atoms with Crippen LogP contribution in [-0.4, -0.2) is 41.7 Å². The molecule has 6 nitrogen and oxygen atoms in total. The normalized spacial score (nSPS) is 20.8. The first-order chi connectivity index (χ1) is 11.4. The number of carboxylic acids is 1. The van der Waals surface area contributed by atoms with Crippen LogP contribution in [-0.2, 0) is 11.3 Å². The molecule has 0 aliphatic carbocycles. The number of benzene rings is 1. The van der Waals surface area contributed by atoms with Gasteiger partial charge in [-0.05, 0) is 18.4 Å². The topological polar surface area (TPSA) is 78.9 Å². The number of halogens is 2. The highest BCUT2D eigenvalue weighted by Gasteiger charge is 2.31. The molecule has 0 radical (unpaired) electrons. The molecule has 1 fully saturated rings. The Morgan fingerprint density at radius 2 is 2.08 bits per heavy atom. The number of hydrogen-bond donors (Lipinski definition) is 2. The zero-order valence-electron chi connectivity index (χ0n) is 13.2. The summed E-state index contributed by atoms with van der Waals surface area (Å²) in [5, 5.41) is 11.8. The van der Waals surface area contributed by atoms with E-state index in [-0.39, 0.29) is 24.8 Å². The molecule has 1 aliphatic heterocycles. The lowest BCUT2D eigenvalue weighted by Crippen LogP contribution is -2.49. The Bertz CT molecular complexity index is 597. The first-order valence-corrected chi connectivity index (χ1v) is 7.65. The predicted molar refractivity (Wildman–Crippen MR) is 81.8 cm³/mol. The van der Waals surface area contributed by atoms with E-state index in [1.807, 2.05) is 6.92 Å². The van der Waals surface area contributed by atoms with Crippen LogP contribution in [0.1, 0.15) is 18.9 Å². The van der Waals surface area contributed by atoms with E-state index in [0.717, 1.165) is 0 Å². The van der Waals surface area contributed by atoms with Crippen LogP contribution in [0.2, 0.25) is 0 Å². The molecule has 1 heterocycles. The summed E-state index contributed by atoms with van der Waals surface area (Å²) >= 11 is 0. The van der Waals surface area contributed by atoms with Gasteiger partial charge in [-0.1, -0.05) is 25.1 Å². The van der Waals surface area contributed by atoms with Gasteiger partial charge in [-0.25, -0.2) is 4.79 Å². The van der Waals surface area contributed by atoms with Crippen molar-refractivity contribution in [2.45, 2.75) is 26.5 Å². The van der Waals surface area contributed by atoms with Crippen molar-refractivity contribution in [3.8, 4) is 5.75 Å². The molecule has 24 heavy (non-hydrogen) atoms. The number of carbonyl (C=O) groups excluding carboxylic acids is 1. The Hall–Kier alpha value is -2.38. The molecule has 2 N–H and O–H groups in total. The van der Waals surface area contributed by atoms with Gasteiger partial charge in [-0.2, -0.15) is 8.78 Å². The second-order valence-electron chi connectivity index (χ2n) is 5.93. The van der Waals surface area contributed by atoms with Gasteiger partial charge in [-0.3, -0.25) is 4.79 Å². The first kappa shape index (κ1) is 18.0. The standard InChI is InChI=1S/C16H20F2N2O4/c1-10-6-12(14(21)22)9-20(8-10)16(23)19-7-11-4-2-3-5-13(11)24-15(17)18/h2-5,10,12,15H,6-9H2,1H3,(H,19,23)(H,21,22). The van der Waals surface area contributed by atoms with E-state index < -0.39 is 24.5 Å². The van der Waals surface area contributed by atoms with Crippen molar-refractivity contribution < 1.29 is 28.2 Å². The van der Waals surface area contributed by atoms with Gasteiger partial charge in [0.2, 0.25) is 0 Å². The fourth-order valence-corrected chi connectivity index (χ4v) is 2.84. The highest BCUT2D eigenvalue weighted by molar-refractivity contribution is 5.76. The molecule has 2 rings (SSSR count). The van der Waals surface area contributed by atoms with Gasteiger partial charge < -0.3 is 20.1 Å². The van der Waals surface area contributed by atoms with E-state index in [2.05, 4.69) is 10.1 Å². The van der Waals surface area contributed by atoms with Crippen LogP contribution in [0.5, 0.6) is 5.75 Å². The third-order valence-electron chi connectivity index (χ3n) is 3.91. The average Bonchev–Trinajstić information content (AvgIpc) is 2.52. The van der Waals surface area contributed by atoms with Crippen molar-refractivity contribution in [2.24, 2.45) is 11.8 Å². The van der Waals surface area contributed by atoms with Crippen LogP contribution in [0.15, 0.2) is 24.3 Å². The molecule has 132 valence electrons. The third-order valence-corrected chi connectivity index (χ3v) is 3.91. The summed E-state index contributed by atoms with van der Waals surface area (Å²) in [6, 6.07) is 5.78. The van der Waals surface area contributed by atoms with Crippen LogP contribution in [0.4, 0.5) is 13.6 Å². The summed E-state index contributed by atoms with van der Waals surface area (Å²) in [5.74, 6) is -1.42. The summed E-state index contributed by atoms with van der Waals surface area (Å²) < 4.78 is 29.2. The number of para-hydroxylation sites is 1. The lowest BCUT2D eigenvalue weighted by Gasteiger charge is -2.34. The number of carbonyl (C=O) groups is 2. The summed E-state index contributed by atoms with van der Waals surface area (Å²) in [4.78, 5) is 24.8. The van der Waals surface area contributed by atoms with Crippen LogP contribution in [0.3, 0.4) is 0 Å². The number of likely N-dealkylation sites (tertiary alicyclic amines) is 1. The number of nitrogens with zero attached hydrogens (tertiary/aromatic N) is 1. The molecule has 1 aromatic carbocycles. The molecule has 2 amide bonds. The molecule has 0 spiro atoms. The molecule has 1 aliphatic rings. The minimum Gasteiger partial charge on any atom is -0.481 e. The number of amides is 2. The number of hydrogen-bond acceptors (Lipinski definition) is 3. The SMILES string of the molecule is CC1CC(C(=O)O)CN(C(=O)NCc2ccccc2OC(F)F)C1. The number of urea groups is 1. The van der Waals surface area contributed by atoms with E-state index in [4.69, 9.17) is 5.11 Å². The predicted octanol–water partition coefficient (Wildman–Crippen LogP) is 2.54. The molecule has 2 atom stereocenters. The molecular formula is C16H20F2N2O4. The largest absolute Gasteiger partial charge is 0.481 e. The van der Waals surface area contributed by atoms with E-state index in [1.165, 1.54) is 11.0 Å². The van der Waals surface area contributed by atoms with Gasteiger partial charge in [0, 0.05) is 25.2 Å². The smallest absolute Gasteiger partial charge is 0.387 e. The summed E-state index contributed by atoms with van der Waals surface area (Å²) in [5.41, 5.74) is 0.422. The number of rotatable bonds is 5. The van der Waals surface area contributed by atoms with Gasteiger partial charge >= 0.3 is 18.6 Å². The second kappa shape index (κ2) is 7.94. The van der Waals surface area contributed by atoms with Crippen LogP contribution < -0.4 is 10.1 Å². The number of aliphatic carboxylic acids is 1. The van der Waals surface area contributed by atoms with Crippen molar-refractivity contribution >= 4 is 12.0 Å². The third kappa shape index (κ3) is 4.81. The minimum atomic E-state index is -2.94. The number of nitrogens with one attached hydrogen (secondary N) is 1. The van der Waals surface area contributed by atoms with Crippen molar-refractivity contribution in [3.63, 3.8) is 0 Å². The van der Waals surface area contributed by atoms with Crippen LogP contribution in [0.25, 0.3) is 0 Å². The Balaban J connectivity index is 1.97. The molecule has 0 aromatic heterocycles. The highest BCUT2D eigenvalue weighted by atomic mass is 19.3. The summed E-state index contributed by atoms with van der Waals surface area (Å²) in [7, 11) is 0. The molecule has 0 bridgehead atoms. The average molecular weight is 342 g/mol. The number of ether oxygens (including phenoxy) is 1.